The van der Waals surface area contributed by atoms with Crippen LogP contribution >= 0.6 is 0 Å². The van der Waals surface area contributed by atoms with Crippen LogP contribution in [-0.2, 0) is 4.79 Å². The molecule has 1 unspecified atom stereocenters. The molecule has 0 aliphatic carbocycles. The molecule has 0 saturated heterocycles. The van der Waals surface area contributed by atoms with E-state index in [9.17, 15) is 9.90 Å². The van der Waals surface area contributed by atoms with Crippen LogP contribution in [0.5, 0.6) is 11.5 Å². The minimum Gasteiger partial charge on any atom is -0.504 e. The summed E-state index contributed by atoms with van der Waals surface area (Å²) >= 11 is 0. The summed E-state index contributed by atoms with van der Waals surface area (Å²) < 4.78 is 5.00. The second-order valence-corrected chi connectivity index (χ2v) is 4.37. The number of aliphatic imine (C=N–C) groups is 1. The van der Waals surface area contributed by atoms with Gasteiger partial charge in [0, 0.05) is 6.21 Å². The second kappa shape index (κ2) is 8.76. The summed E-state index contributed by atoms with van der Waals surface area (Å²) in [6.07, 6.45) is 5.88. The molecule has 0 saturated carbocycles. The summed E-state index contributed by atoms with van der Waals surface area (Å²) in [5, 5.41) is 18.5. The molecule has 21 heavy (non-hydrogen) atoms. The van der Waals surface area contributed by atoms with Gasteiger partial charge in [-0.3, -0.25) is 4.99 Å². The molecule has 0 radical (unpaired) electrons. The maximum Gasteiger partial charge on any atom is 0.328 e. The zero-order valence-corrected chi connectivity index (χ0v) is 11.9. The first-order chi connectivity index (χ1) is 10.1. The van der Waals surface area contributed by atoms with Crippen LogP contribution in [0.4, 0.5) is 0 Å². The van der Waals surface area contributed by atoms with Crippen LogP contribution in [-0.4, -0.2) is 42.1 Å². The van der Waals surface area contributed by atoms with Crippen molar-refractivity contribution in [1.29, 1.82) is 0 Å². The van der Waals surface area contributed by atoms with E-state index in [0.29, 0.717) is 25.1 Å². The van der Waals surface area contributed by atoms with E-state index in [2.05, 4.69) is 4.99 Å². The van der Waals surface area contributed by atoms with Gasteiger partial charge in [-0.25, -0.2) is 4.79 Å². The number of carboxylic acids is 1. The quantitative estimate of drug-likeness (QED) is 0.632. The van der Waals surface area contributed by atoms with E-state index in [-0.39, 0.29) is 5.75 Å². The topological polar surface area (TPSA) is 105 Å². The van der Waals surface area contributed by atoms with Crippen LogP contribution in [0.15, 0.2) is 29.3 Å². The van der Waals surface area contributed by atoms with Gasteiger partial charge in [-0.15, -0.1) is 0 Å². The average Bonchev–Trinajstić information content (AvgIpc) is 2.47. The van der Waals surface area contributed by atoms with E-state index in [4.69, 9.17) is 15.6 Å². The lowest BCUT2D eigenvalue weighted by molar-refractivity contribution is -0.138. The number of phenols is 1. The van der Waals surface area contributed by atoms with Gasteiger partial charge < -0.3 is 20.7 Å². The lowest BCUT2D eigenvalue weighted by Crippen LogP contribution is -2.19. The Morgan fingerprint density at radius 2 is 2.29 bits per heavy atom. The van der Waals surface area contributed by atoms with Crippen molar-refractivity contribution >= 4 is 18.3 Å². The van der Waals surface area contributed by atoms with Crippen LogP contribution in [0.25, 0.3) is 6.08 Å². The Labute approximate surface area is 123 Å². The number of rotatable bonds is 8. The second-order valence-electron chi connectivity index (χ2n) is 4.37. The van der Waals surface area contributed by atoms with Crippen LogP contribution in [0.3, 0.4) is 0 Å². The smallest absolute Gasteiger partial charge is 0.328 e. The number of aliphatic carboxylic acids is 1. The third kappa shape index (κ3) is 5.66. The van der Waals surface area contributed by atoms with Gasteiger partial charge in [-0.05, 0) is 43.2 Å². The first kappa shape index (κ1) is 16.7. The molecule has 0 aromatic heterocycles. The summed E-state index contributed by atoms with van der Waals surface area (Å²) in [6, 6.07) is 4.14. The molecule has 0 aliphatic rings. The zero-order chi connectivity index (χ0) is 15.7. The summed E-state index contributed by atoms with van der Waals surface area (Å²) in [5.74, 6) is -0.518. The number of carbonyl (C=O) groups is 1. The van der Waals surface area contributed by atoms with Gasteiger partial charge in [-0.1, -0.05) is 12.1 Å². The summed E-state index contributed by atoms with van der Waals surface area (Å²) in [7, 11) is 1.47. The maximum atomic E-state index is 11.0. The fraction of sp³-hybridized carbons (Fsp3) is 0.333. The molecular weight excluding hydrogens is 272 g/mol. The lowest BCUT2D eigenvalue weighted by atomic mass is 10.1. The van der Waals surface area contributed by atoms with E-state index in [1.165, 1.54) is 19.4 Å². The standard InChI is InChI=1S/C15H20N2O4/c1-21-14-10-11(6-7-13(14)18)4-3-9-17-12(15(19)20)5-2-8-16/h3-4,6-7,9-10,12,18H,2,5,8,16H2,1H3,(H,19,20)/b4-3+,17-9?. The van der Waals surface area contributed by atoms with Crippen molar-refractivity contribution in [3.63, 3.8) is 0 Å². The fourth-order valence-electron chi connectivity index (χ4n) is 1.68. The molecule has 1 rings (SSSR count). The van der Waals surface area contributed by atoms with Crippen LogP contribution in [0.2, 0.25) is 0 Å². The van der Waals surface area contributed by atoms with Gasteiger partial charge in [0.2, 0.25) is 0 Å². The molecular formula is C15H20N2O4. The lowest BCUT2D eigenvalue weighted by Gasteiger charge is -2.05. The molecule has 1 atom stereocenters. The Morgan fingerprint density at radius 1 is 1.52 bits per heavy atom. The Balaban J connectivity index is 2.67. The van der Waals surface area contributed by atoms with Gasteiger partial charge in [0.15, 0.2) is 11.5 Å². The highest BCUT2D eigenvalue weighted by Gasteiger charge is 2.13. The molecule has 0 bridgehead atoms. The van der Waals surface area contributed by atoms with Crippen molar-refractivity contribution in [2.45, 2.75) is 18.9 Å². The third-order valence-electron chi connectivity index (χ3n) is 2.81. The molecule has 0 spiro atoms. The minimum atomic E-state index is -0.959. The van der Waals surface area contributed by atoms with Gasteiger partial charge in [0.25, 0.3) is 0 Å². The van der Waals surface area contributed by atoms with Crippen molar-refractivity contribution in [2.24, 2.45) is 10.7 Å². The molecule has 0 fully saturated rings. The summed E-state index contributed by atoms with van der Waals surface area (Å²) in [4.78, 5) is 15.0. The van der Waals surface area contributed by atoms with E-state index in [1.807, 2.05) is 0 Å². The molecule has 1 aromatic carbocycles. The van der Waals surface area contributed by atoms with E-state index >= 15 is 0 Å². The van der Waals surface area contributed by atoms with Crippen molar-refractivity contribution in [2.75, 3.05) is 13.7 Å². The van der Waals surface area contributed by atoms with Crippen molar-refractivity contribution in [3.05, 3.63) is 29.8 Å². The van der Waals surface area contributed by atoms with E-state index in [0.717, 1.165) is 5.56 Å². The highest BCUT2D eigenvalue weighted by atomic mass is 16.5. The number of allylic oxidation sites excluding steroid dienone is 1. The van der Waals surface area contributed by atoms with Gasteiger partial charge in [-0.2, -0.15) is 0 Å². The molecule has 4 N–H and O–H groups in total. The summed E-state index contributed by atoms with van der Waals surface area (Å²) in [6.45, 7) is 0.447. The fourth-order valence-corrected chi connectivity index (χ4v) is 1.68. The number of phenolic OH excluding ortho intramolecular Hbond substituents is 1. The number of hydrogen-bond donors (Lipinski definition) is 3. The first-order valence-corrected chi connectivity index (χ1v) is 6.58. The van der Waals surface area contributed by atoms with Crippen molar-refractivity contribution in [3.8, 4) is 11.5 Å². The normalized spacial score (nSPS) is 12.9. The molecule has 0 heterocycles. The maximum absolute atomic E-state index is 11.0. The van der Waals surface area contributed by atoms with Crippen LogP contribution in [0.1, 0.15) is 18.4 Å². The van der Waals surface area contributed by atoms with Gasteiger partial charge in [0.1, 0.15) is 6.04 Å². The number of aromatic hydroxyl groups is 1. The zero-order valence-electron chi connectivity index (χ0n) is 11.9. The van der Waals surface area contributed by atoms with Crippen LogP contribution < -0.4 is 10.5 Å². The average molecular weight is 292 g/mol. The Bertz CT molecular complexity index is 526. The molecule has 6 heteroatoms. The number of nitrogens with two attached hydrogens (primary N) is 1. The number of carboxylic acid groups (broad SMARTS) is 1. The van der Waals surface area contributed by atoms with Crippen molar-refractivity contribution in [1.82, 2.24) is 0 Å². The number of methoxy groups -OCH3 is 1. The van der Waals surface area contributed by atoms with Gasteiger partial charge in [0.05, 0.1) is 7.11 Å². The highest BCUT2D eigenvalue weighted by Crippen LogP contribution is 2.26. The monoisotopic (exact) mass is 292 g/mol. The van der Waals surface area contributed by atoms with Crippen LogP contribution in [0, 0.1) is 0 Å². The number of ether oxygens (including phenoxy) is 1. The highest BCUT2D eigenvalue weighted by molar-refractivity contribution is 5.82. The summed E-state index contributed by atoms with van der Waals surface area (Å²) in [5.41, 5.74) is 6.17. The van der Waals surface area contributed by atoms with Crippen molar-refractivity contribution < 1.29 is 19.7 Å². The van der Waals surface area contributed by atoms with E-state index < -0.39 is 12.0 Å². The Morgan fingerprint density at radius 3 is 2.90 bits per heavy atom. The Kier molecular flexibility index (Phi) is 6.97. The SMILES string of the molecule is COc1cc(/C=C/C=NC(CCCN)C(=O)O)ccc1O. The molecule has 1 aromatic rings. The first-order valence-electron chi connectivity index (χ1n) is 6.58. The predicted octanol–water partition coefficient (Wildman–Crippen LogP) is 1.68. The predicted molar refractivity (Wildman–Crippen MR) is 81.9 cm³/mol. The number of hydrogen-bond acceptors (Lipinski definition) is 5. The minimum absolute atomic E-state index is 0.0658. The molecule has 0 aliphatic heterocycles. The third-order valence-corrected chi connectivity index (χ3v) is 2.81. The van der Waals surface area contributed by atoms with E-state index in [1.54, 1.807) is 24.3 Å². The van der Waals surface area contributed by atoms with Gasteiger partial charge >= 0.3 is 5.97 Å². The number of benzene rings is 1. The largest absolute Gasteiger partial charge is 0.504 e. The molecule has 0 amide bonds. The molecule has 6 nitrogen and oxygen atoms in total. The Hall–Kier alpha value is -2.34. The molecule has 114 valence electrons. The number of nitrogens with zero attached hydrogens (tertiary/aromatic N) is 1.